The summed E-state index contributed by atoms with van der Waals surface area (Å²) < 4.78 is 5.31. The van der Waals surface area contributed by atoms with Crippen LogP contribution in [-0.4, -0.2) is 33.8 Å². The Kier molecular flexibility index (Phi) is 4.29. The van der Waals surface area contributed by atoms with Crippen molar-refractivity contribution in [3.63, 3.8) is 0 Å². The number of esters is 1. The highest BCUT2D eigenvalue weighted by molar-refractivity contribution is 7.99. The van der Waals surface area contributed by atoms with Crippen molar-refractivity contribution in [2.24, 2.45) is 5.92 Å². The van der Waals surface area contributed by atoms with E-state index in [9.17, 15) is 9.90 Å². The van der Waals surface area contributed by atoms with Gasteiger partial charge in [0.2, 0.25) is 0 Å². The molecule has 1 aliphatic heterocycles. The van der Waals surface area contributed by atoms with Gasteiger partial charge in [0, 0.05) is 5.75 Å². The van der Waals surface area contributed by atoms with Gasteiger partial charge in [0.15, 0.2) is 0 Å². The van der Waals surface area contributed by atoms with E-state index >= 15 is 0 Å². The van der Waals surface area contributed by atoms with Crippen LogP contribution in [0.2, 0.25) is 0 Å². The van der Waals surface area contributed by atoms with Crippen LogP contribution in [0.15, 0.2) is 0 Å². The quantitative estimate of drug-likeness (QED) is 0.759. The molecule has 2 unspecified atom stereocenters. The molecular formula is C12H22O3S. The van der Waals surface area contributed by atoms with Crippen LogP contribution in [0.1, 0.15) is 40.5 Å². The zero-order valence-corrected chi connectivity index (χ0v) is 11.4. The molecule has 0 aromatic heterocycles. The Hall–Kier alpha value is -0.220. The van der Waals surface area contributed by atoms with Gasteiger partial charge in [0.05, 0.1) is 11.5 Å². The maximum atomic E-state index is 11.9. The van der Waals surface area contributed by atoms with Gasteiger partial charge in [-0.25, -0.2) is 0 Å². The Morgan fingerprint density at radius 1 is 1.50 bits per heavy atom. The van der Waals surface area contributed by atoms with Crippen LogP contribution >= 0.6 is 11.8 Å². The third-order valence-corrected chi connectivity index (χ3v) is 4.10. The van der Waals surface area contributed by atoms with Gasteiger partial charge in [0.25, 0.3) is 0 Å². The minimum Gasteiger partial charge on any atom is -0.460 e. The number of hydrogen-bond acceptors (Lipinski definition) is 4. The molecule has 0 bridgehead atoms. The molecule has 1 heterocycles. The zero-order valence-electron chi connectivity index (χ0n) is 10.6. The van der Waals surface area contributed by atoms with Gasteiger partial charge in [-0.2, -0.15) is 11.8 Å². The van der Waals surface area contributed by atoms with Crippen LogP contribution < -0.4 is 0 Å². The van der Waals surface area contributed by atoms with Crippen molar-refractivity contribution in [3.8, 4) is 0 Å². The van der Waals surface area contributed by atoms with E-state index in [4.69, 9.17) is 4.74 Å². The second-order valence-corrected chi connectivity index (χ2v) is 6.62. The minimum absolute atomic E-state index is 0.294. The van der Waals surface area contributed by atoms with Gasteiger partial charge in [-0.15, -0.1) is 0 Å². The third-order valence-electron chi connectivity index (χ3n) is 2.82. The molecule has 1 aliphatic rings. The number of rotatable bonds is 2. The summed E-state index contributed by atoms with van der Waals surface area (Å²) in [5.41, 5.74) is -1.37. The number of hydrogen-bond donors (Lipinski definition) is 1. The second-order valence-electron chi connectivity index (χ2n) is 5.51. The fourth-order valence-corrected chi connectivity index (χ4v) is 2.99. The first-order valence-corrected chi connectivity index (χ1v) is 6.93. The number of aliphatic hydroxyl groups is 1. The molecular weight excluding hydrogens is 224 g/mol. The van der Waals surface area contributed by atoms with Gasteiger partial charge in [-0.05, 0) is 46.3 Å². The van der Waals surface area contributed by atoms with Gasteiger partial charge < -0.3 is 9.84 Å². The molecule has 0 radical (unpaired) electrons. The van der Waals surface area contributed by atoms with Crippen molar-refractivity contribution in [3.05, 3.63) is 0 Å². The molecule has 0 aromatic carbocycles. The van der Waals surface area contributed by atoms with Gasteiger partial charge in [-0.3, -0.25) is 4.79 Å². The van der Waals surface area contributed by atoms with E-state index in [1.165, 1.54) is 0 Å². The lowest BCUT2D eigenvalue weighted by Gasteiger charge is -2.36. The van der Waals surface area contributed by atoms with Crippen LogP contribution in [0.3, 0.4) is 0 Å². The Bertz CT molecular complexity index is 251. The van der Waals surface area contributed by atoms with E-state index in [2.05, 4.69) is 0 Å². The molecule has 1 fully saturated rings. The average Bonchev–Trinajstić information content (AvgIpc) is 2.15. The summed E-state index contributed by atoms with van der Waals surface area (Å²) >= 11 is 1.71. The first kappa shape index (κ1) is 13.8. The standard InChI is InChI=1S/C12H22O3S/c1-9(10(13)15-11(2,3)4)12(14)6-5-7-16-8-12/h9,14H,5-8H2,1-4H3. The summed E-state index contributed by atoms with van der Waals surface area (Å²) in [5.74, 6) is 0.966. The van der Waals surface area contributed by atoms with E-state index < -0.39 is 17.1 Å². The highest BCUT2D eigenvalue weighted by Crippen LogP contribution is 2.34. The molecule has 1 saturated heterocycles. The average molecular weight is 246 g/mol. The van der Waals surface area contributed by atoms with E-state index in [1.54, 1.807) is 18.7 Å². The predicted octanol–water partition coefficient (Wildman–Crippen LogP) is 2.22. The monoisotopic (exact) mass is 246 g/mol. The third kappa shape index (κ3) is 3.67. The van der Waals surface area contributed by atoms with Crippen LogP contribution in [0, 0.1) is 5.92 Å². The normalized spacial score (nSPS) is 28.6. The summed E-state index contributed by atoms with van der Waals surface area (Å²) in [4.78, 5) is 11.9. The van der Waals surface area contributed by atoms with Gasteiger partial charge in [0.1, 0.15) is 5.60 Å². The van der Waals surface area contributed by atoms with Crippen molar-refractivity contribution in [2.75, 3.05) is 11.5 Å². The van der Waals surface area contributed by atoms with Gasteiger partial charge in [-0.1, -0.05) is 0 Å². The largest absolute Gasteiger partial charge is 0.460 e. The number of carbonyl (C=O) groups is 1. The molecule has 0 spiro atoms. The molecule has 16 heavy (non-hydrogen) atoms. The molecule has 94 valence electrons. The lowest BCUT2D eigenvalue weighted by atomic mass is 9.86. The lowest BCUT2D eigenvalue weighted by Crippen LogP contribution is -2.46. The summed E-state index contributed by atoms with van der Waals surface area (Å²) in [5, 5.41) is 10.4. The molecule has 0 saturated carbocycles. The number of thioether (sulfide) groups is 1. The van der Waals surface area contributed by atoms with Crippen LogP contribution in [0.5, 0.6) is 0 Å². The summed E-state index contributed by atoms with van der Waals surface area (Å²) in [6, 6.07) is 0. The predicted molar refractivity (Wildman–Crippen MR) is 66.5 cm³/mol. The molecule has 3 nitrogen and oxygen atoms in total. The topological polar surface area (TPSA) is 46.5 Å². The Balaban J connectivity index is 2.61. The maximum Gasteiger partial charge on any atom is 0.312 e. The molecule has 2 atom stereocenters. The van der Waals surface area contributed by atoms with E-state index in [0.29, 0.717) is 12.2 Å². The molecule has 1 rings (SSSR count). The van der Waals surface area contributed by atoms with E-state index in [0.717, 1.165) is 12.2 Å². The number of ether oxygens (including phenoxy) is 1. The van der Waals surface area contributed by atoms with Crippen LogP contribution in [0.25, 0.3) is 0 Å². The Labute approximate surface area is 102 Å². The van der Waals surface area contributed by atoms with Crippen molar-refractivity contribution in [1.82, 2.24) is 0 Å². The first-order chi connectivity index (χ1) is 7.25. The van der Waals surface area contributed by atoms with E-state index in [1.807, 2.05) is 20.8 Å². The molecule has 0 amide bonds. The molecule has 4 heteroatoms. The molecule has 0 aromatic rings. The lowest BCUT2D eigenvalue weighted by molar-refractivity contribution is -0.168. The fourth-order valence-electron chi connectivity index (χ4n) is 1.75. The summed E-state index contributed by atoms with van der Waals surface area (Å²) in [6.07, 6.45) is 1.66. The van der Waals surface area contributed by atoms with Crippen molar-refractivity contribution < 1.29 is 14.6 Å². The van der Waals surface area contributed by atoms with Crippen LogP contribution in [0.4, 0.5) is 0 Å². The first-order valence-electron chi connectivity index (χ1n) is 5.78. The second kappa shape index (κ2) is 4.96. The highest BCUT2D eigenvalue weighted by atomic mass is 32.2. The minimum atomic E-state index is -0.884. The van der Waals surface area contributed by atoms with Crippen molar-refractivity contribution >= 4 is 17.7 Å². The maximum absolute atomic E-state index is 11.9. The van der Waals surface area contributed by atoms with E-state index in [-0.39, 0.29) is 5.97 Å². The summed E-state index contributed by atoms with van der Waals surface area (Å²) in [7, 11) is 0. The smallest absolute Gasteiger partial charge is 0.312 e. The Morgan fingerprint density at radius 2 is 2.12 bits per heavy atom. The van der Waals surface area contributed by atoms with Crippen molar-refractivity contribution in [2.45, 2.75) is 51.7 Å². The number of carbonyl (C=O) groups excluding carboxylic acids is 1. The molecule has 1 N–H and O–H groups in total. The SMILES string of the molecule is CC(C(=O)OC(C)(C)C)C1(O)CCCSC1. The fraction of sp³-hybridized carbons (Fsp3) is 0.917. The Morgan fingerprint density at radius 3 is 2.56 bits per heavy atom. The zero-order chi connectivity index (χ0) is 12.4. The van der Waals surface area contributed by atoms with Crippen molar-refractivity contribution in [1.29, 1.82) is 0 Å². The highest BCUT2D eigenvalue weighted by Gasteiger charge is 2.41. The molecule has 0 aliphatic carbocycles. The summed E-state index contributed by atoms with van der Waals surface area (Å²) in [6.45, 7) is 7.30. The van der Waals surface area contributed by atoms with Crippen LogP contribution in [-0.2, 0) is 9.53 Å². The van der Waals surface area contributed by atoms with Gasteiger partial charge >= 0.3 is 5.97 Å².